The molecule has 0 amide bonds. The molecule has 5 rings (SSSR count). The van der Waals surface area contributed by atoms with Gasteiger partial charge in [0, 0.05) is 42.3 Å². The Hall–Kier alpha value is -2.84. The summed E-state index contributed by atoms with van der Waals surface area (Å²) in [5.41, 5.74) is 3.18. The van der Waals surface area contributed by atoms with E-state index in [-0.39, 0.29) is 11.9 Å². The summed E-state index contributed by atoms with van der Waals surface area (Å²) in [5.74, 6) is 0.917. The highest BCUT2D eigenvalue weighted by atomic mass is 19.1. The SMILES string of the molecule is N#Cc1ccc2[nH]cc(C3CCC(N4CC(Oc5cccc(F)c5)C4)CC3)c2c1. The Balaban J connectivity index is 1.16. The zero-order valence-corrected chi connectivity index (χ0v) is 16.3. The molecule has 29 heavy (non-hydrogen) atoms. The third kappa shape index (κ3) is 3.61. The molecular weight excluding hydrogens is 365 g/mol. The highest BCUT2D eigenvalue weighted by molar-refractivity contribution is 5.85. The van der Waals surface area contributed by atoms with Crippen LogP contribution in [-0.2, 0) is 0 Å². The molecule has 4 nitrogen and oxygen atoms in total. The van der Waals surface area contributed by atoms with Gasteiger partial charge in [0.25, 0.3) is 0 Å². The van der Waals surface area contributed by atoms with Gasteiger partial charge >= 0.3 is 0 Å². The summed E-state index contributed by atoms with van der Waals surface area (Å²) in [6, 6.07) is 15.1. The van der Waals surface area contributed by atoms with Gasteiger partial charge in [0.05, 0.1) is 11.6 Å². The molecule has 5 heteroatoms. The standard InChI is InChI=1S/C24H24FN3O/c25-18-2-1-3-20(11-18)29-21-14-28(15-21)19-7-5-17(6-8-19)23-13-27-24-9-4-16(12-26)10-22(23)24/h1-4,9-11,13,17,19,21,27H,5-8,14-15H2. The maximum absolute atomic E-state index is 13.3. The Morgan fingerprint density at radius 2 is 1.90 bits per heavy atom. The average molecular weight is 389 g/mol. The van der Waals surface area contributed by atoms with E-state index in [9.17, 15) is 9.65 Å². The van der Waals surface area contributed by atoms with Crippen LogP contribution in [0.3, 0.4) is 0 Å². The van der Waals surface area contributed by atoms with E-state index in [1.54, 1.807) is 6.07 Å². The molecular formula is C24H24FN3O. The summed E-state index contributed by atoms with van der Waals surface area (Å²) < 4.78 is 19.2. The molecule has 2 fully saturated rings. The van der Waals surface area contributed by atoms with Gasteiger partial charge in [-0.05, 0) is 67.5 Å². The van der Waals surface area contributed by atoms with Crippen molar-refractivity contribution in [2.45, 2.75) is 43.7 Å². The van der Waals surface area contributed by atoms with Gasteiger partial charge in [0.15, 0.2) is 0 Å². The first kappa shape index (κ1) is 18.2. The maximum atomic E-state index is 13.3. The molecule has 0 atom stereocenters. The van der Waals surface area contributed by atoms with E-state index in [0.717, 1.165) is 24.2 Å². The lowest BCUT2D eigenvalue weighted by Crippen LogP contribution is -2.58. The number of halogens is 1. The highest BCUT2D eigenvalue weighted by Crippen LogP contribution is 2.39. The van der Waals surface area contributed by atoms with Crippen molar-refractivity contribution in [3.63, 3.8) is 0 Å². The molecule has 1 saturated carbocycles. The molecule has 1 aliphatic heterocycles. The Labute approximate surface area is 169 Å². The molecule has 1 N–H and O–H groups in total. The van der Waals surface area contributed by atoms with Crippen LogP contribution in [0.15, 0.2) is 48.7 Å². The molecule has 148 valence electrons. The summed E-state index contributed by atoms with van der Waals surface area (Å²) in [7, 11) is 0. The van der Waals surface area contributed by atoms with Crippen LogP contribution in [0.25, 0.3) is 10.9 Å². The van der Waals surface area contributed by atoms with Gasteiger partial charge in [-0.25, -0.2) is 4.39 Å². The van der Waals surface area contributed by atoms with Crippen LogP contribution in [0.4, 0.5) is 4.39 Å². The Morgan fingerprint density at radius 1 is 1.07 bits per heavy atom. The van der Waals surface area contributed by atoms with Crippen molar-refractivity contribution in [2.75, 3.05) is 13.1 Å². The first-order valence-electron chi connectivity index (χ1n) is 10.4. The van der Waals surface area contributed by atoms with Gasteiger partial charge < -0.3 is 9.72 Å². The van der Waals surface area contributed by atoms with Crippen molar-refractivity contribution < 1.29 is 9.13 Å². The second kappa shape index (κ2) is 7.53. The number of rotatable bonds is 4. The number of ether oxygens (including phenoxy) is 1. The van der Waals surface area contributed by atoms with Gasteiger partial charge in [-0.1, -0.05) is 6.07 Å². The number of nitriles is 1. The molecule has 0 bridgehead atoms. The van der Waals surface area contributed by atoms with E-state index in [1.807, 2.05) is 24.3 Å². The second-order valence-corrected chi connectivity index (χ2v) is 8.27. The third-order valence-corrected chi connectivity index (χ3v) is 6.47. The minimum Gasteiger partial charge on any atom is -0.488 e. The lowest BCUT2D eigenvalue weighted by atomic mass is 9.80. The highest BCUT2D eigenvalue weighted by Gasteiger charge is 2.36. The molecule has 3 aromatic rings. The van der Waals surface area contributed by atoms with Crippen molar-refractivity contribution in [2.24, 2.45) is 0 Å². The number of H-pyrrole nitrogens is 1. The molecule has 0 spiro atoms. The van der Waals surface area contributed by atoms with Crippen LogP contribution < -0.4 is 4.74 Å². The number of hydrogen-bond donors (Lipinski definition) is 1. The molecule has 1 aliphatic carbocycles. The minimum absolute atomic E-state index is 0.160. The van der Waals surface area contributed by atoms with Crippen molar-refractivity contribution >= 4 is 10.9 Å². The van der Waals surface area contributed by atoms with E-state index < -0.39 is 0 Å². The van der Waals surface area contributed by atoms with Crippen LogP contribution >= 0.6 is 0 Å². The van der Waals surface area contributed by atoms with Gasteiger partial charge in [0.1, 0.15) is 17.7 Å². The number of fused-ring (bicyclic) bond motifs is 1. The van der Waals surface area contributed by atoms with Crippen LogP contribution in [-0.4, -0.2) is 35.1 Å². The smallest absolute Gasteiger partial charge is 0.126 e. The summed E-state index contributed by atoms with van der Waals surface area (Å²) in [4.78, 5) is 5.87. The Kier molecular flexibility index (Phi) is 4.73. The summed E-state index contributed by atoms with van der Waals surface area (Å²) in [5, 5.41) is 10.4. The molecule has 2 aromatic carbocycles. The van der Waals surface area contributed by atoms with E-state index in [0.29, 0.717) is 17.7 Å². The van der Waals surface area contributed by atoms with Gasteiger partial charge in [-0.2, -0.15) is 5.26 Å². The van der Waals surface area contributed by atoms with E-state index >= 15 is 0 Å². The summed E-state index contributed by atoms with van der Waals surface area (Å²) >= 11 is 0. The fourth-order valence-electron chi connectivity index (χ4n) is 4.88. The van der Waals surface area contributed by atoms with Crippen molar-refractivity contribution in [1.82, 2.24) is 9.88 Å². The summed E-state index contributed by atoms with van der Waals surface area (Å²) in [6.45, 7) is 1.84. The second-order valence-electron chi connectivity index (χ2n) is 8.27. The molecule has 1 aromatic heterocycles. The molecule has 0 radical (unpaired) electrons. The quantitative estimate of drug-likeness (QED) is 0.686. The fraction of sp³-hybridized carbons (Fsp3) is 0.375. The van der Waals surface area contributed by atoms with Crippen LogP contribution in [0.1, 0.15) is 42.7 Å². The predicted molar refractivity (Wildman–Crippen MR) is 110 cm³/mol. The largest absolute Gasteiger partial charge is 0.488 e. The van der Waals surface area contributed by atoms with Gasteiger partial charge in [-0.3, -0.25) is 4.90 Å². The number of nitrogens with one attached hydrogen (secondary N) is 1. The number of nitrogens with zero attached hydrogens (tertiary/aromatic N) is 2. The number of hydrogen-bond acceptors (Lipinski definition) is 3. The van der Waals surface area contributed by atoms with E-state index in [2.05, 4.69) is 22.1 Å². The Bertz CT molecular complexity index is 1060. The average Bonchev–Trinajstić information content (AvgIpc) is 3.14. The zero-order valence-electron chi connectivity index (χ0n) is 16.3. The topological polar surface area (TPSA) is 52.0 Å². The lowest BCUT2D eigenvalue weighted by molar-refractivity contribution is -0.0202. The van der Waals surface area contributed by atoms with Crippen molar-refractivity contribution in [3.8, 4) is 11.8 Å². The maximum Gasteiger partial charge on any atom is 0.126 e. The number of likely N-dealkylation sites (tertiary alicyclic amines) is 1. The number of aromatic amines is 1. The zero-order chi connectivity index (χ0) is 19.8. The minimum atomic E-state index is -0.254. The monoisotopic (exact) mass is 389 g/mol. The van der Waals surface area contributed by atoms with Crippen LogP contribution in [0.5, 0.6) is 5.75 Å². The molecule has 2 heterocycles. The van der Waals surface area contributed by atoms with E-state index in [4.69, 9.17) is 4.74 Å². The lowest BCUT2D eigenvalue weighted by Gasteiger charge is -2.46. The fourth-order valence-corrected chi connectivity index (χ4v) is 4.88. The van der Waals surface area contributed by atoms with Crippen molar-refractivity contribution in [3.05, 3.63) is 65.6 Å². The van der Waals surface area contributed by atoms with E-state index in [1.165, 1.54) is 48.8 Å². The molecule has 2 aliphatic rings. The van der Waals surface area contributed by atoms with Crippen LogP contribution in [0.2, 0.25) is 0 Å². The predicted octanol–water partition coefficient (Wildman–Crippen LogP) is 4.97. The third-order valence-electron chi connectivity index (χ3n) is 6.47. The first-order valence-corrected chi connectivity index (χ1v) is 10.4. The summed E-state index contributed by atoms with van der Waals surface area (Å²) in [6.07, 6.45) is 6.99. The van der Waals surface area contributed by atoms with Crippen molar-refractivity contribution in [1.29, 1.82) is 5.26 Å². The van der Waals surface area contributed by atoms with Gasteiger partial charge in [-0.15, -0.1) is 0 Å². The van der Waals surface area contributed by atoms with Crippen LogP contribution in [0, 0.1) is 17.1 Å². The normalized spacial score (nSPS) is 22.9. The number of aromatic nitrogens is 1. The molecule has 1 saturated heterocycles. The molecule has 0 unspecified atom stereocenters. The van der Waals surface area contributed by atoms with Gasteiger partial charge in [0.2, 0.25) is 0 Å². The Morgan fingerprint density at radius 3 is 2.66 bits per heavy atom. The first-order chi connectivity index (χ1) is 14.2. The number of benzene rings is 2.